The van der Waals surface area contributed by atoms with Crippen LogP contribution in [0.15, 0.2) is 103 Å². The lowest BCUT2D eigenvalue weighted by atomic mass is 9.78. The molecular formula is C29H29N. The van der Waals surface area contributed by atoms with Crippen molar-refractivity contribution < 1.29 is 0 Å². The van der Waals surface area contributed by atoms with Gasteiger partial charge >= 0.3 is 0 Å². The standard InChI is InChI=1S/C29H29N/c1-22-10-16-26(17-11-22)30(27-18-12-23(2)13-19-27)28-20-14-25(15-21-28)29(3,4)24-8-6-5-7-9-24/h5-21H,1-4H3. The van der Waals surface area contributed by atoms with Crippen molar-refractivity contribution in [3.63, 3.8) is 0 Å². The number of aryl methyl sites for hydroxylation is 2. The summed E-state index contributed by atoms with van der Waals surface area (Å²) in [6.07, 6.45) is 0. The van der Waals surface area contributed by atoms with Crippen molar-refractivity contribution in [3.8, 4) is 0 Å². The van der Waals surface area contributed by atoms with Gasteiger partial charge in [0, 0.05) is 22.5 Å². The van der Waals surface area contributed by atoms with E-state index in [2.05, 4.69) is 136 Å². The molecule has 30 heavy (non-hydrogen) atoms. The predicted octanol–water partition coefficient (Wildman–Crippen LogP) is 8.10. The molecule has 1 nitrogen and oxygen atoms in total. The van der Waals surface area contributed by atoms with E-state index < -0.39 is 0 Å². The predicted molar refractivity (Wildman–Crippen MR) is 129 cm³/mol. The maximum Gasteiger partial charge on any atom is 0.0461 e. The molecule has 4 aromatic carbocycles. The van der Waals surface area contributed by atoms with E-state index in [9.17, 15) is 0 Å². The molecule has 0 atom stereocenters. The van der Waals surface area contributed by atoms with Crippen molar-refractivity contribution >= 4 is 17.1 Å². The number of anilines is 3. The first kappa shape index (κ1) is 20.0. The molecule has 0 unspecified atom stereocenters. The van der Waals surface area contributed by atoms with E-state index in [1.54, 1.807) is 0 Å². The molecule has 0 N–H and O–H groups in total. The summed E-state index contributed by atoms with van der Waals surface area (Å²) in [4.78, 5) is 2.32. The van der Waals surface area contributed by atoms with Gasteiger partial charge in [-0.2, -0.15) is 0 Å². The van der Waals surface area contributed by atoms with Crippen LogP contribution in [0, 0.1) is 13.8 Å². The Morgan fingerprint density at radius 3 is 1.27 bits per heavy atom. The quantitative estimate of drug-likeness (QED) is 0.332. The molecular weight excluding hydrogens is 362 g/mol. The van der Waals surface area contributed by atoms with Crippen molar-refractivity contribution in [2.45, 2.75) is 33.1 Å². The summed E-state index contributed by atoms with van der Waals surface area (Å²) in [6, 6.07) is 37.2. The molecule has 0 saturated heterocycles. The summed E-state index contributed by atoms with van der Waals surface area (Å²) < 4.78 is 0. The molecule has 0 aliphatic carbocycles. The summed E-state index contributed by atoms with van der Waals surface area (Å²) in [5.41, 5.74) is 8.62. The Morgan fingerprint density at radius 1 is 0.467 bits per heavy atom. The minimum absolute atomic E-state index is 0.0433. The van der Waals surface area contributed by atoms with E-state index in [0.29, 0.717) is 0 Å². The van der Waals surface area contributed by atoms with Crippen LogP contribution in [0.2, 0.25) is 0 Å². The molecule has 4 rings (SSSR count). The summed E-state index contributed by atoms with van der Waals surface area (Å²) >= 11 is 0. The smallest absolute Gasteiger partial charge is 0.0461 e. The Balaban J connectivity index is 1.74. The van der Waals surface area contributed by atoms with Crippen molar-refractivity contribution in [2.24, 2.45) is 0 Å². The van der Waals surface area contributed by atoms with Crippen molar-refractivity contribution in [1.29, 1.82) is 0 Å². The van der Waals surface area contributed by atoms with Gasteiger partial charge in [-0.15, -0.1) is 0 Å². The third-order valence-corrected chi connectivity index (χ3v) is 5.93. The molecule has 0 amide bonds. The molecule has 0 fully saturated rings. The summed E-state index contributed by atoms with van der Waals surface area (Å²) in [6.45, 7) is 8.82. The molecule has 0 aliphatic rings. The first-order valence-electron chi connectivity index (χ1n) is 10.5. The Bertz CT molecular complexity index is 1040. The van der Waals surface area contributed by atoms with Crippen LogP contribution in [0.3, 0.4) is 0 Å². The molecule has 150 valence electrons. The van der Waals surface area contributed by atoms with E-state index in [1.807, 2.05) is 0 Å². The van der Waals surface area contributed by atoms with Gasteiger partial charge in [-0.1, -0.05) is 91.7 Å². The van der Waals surface area contributed by atoms with E-state index in [-0.39, 0.29) is 5.41 Å². The SMILES string of the molecule is Cc1ccc(N(c2ccc(C)cc2)c2ccc(C(C)(C)c3ccccc3)cc2)cc1. The van der Waals surface area contributed by atoms with Gasteiger partial charge < -0.3 is 4.90 Å². The highest BCUT2D eigenvalue weighted by Crippen LogP contribution is 2.37. The van der Waals surface area contributed by atoms with E-state index >= 15 is 0 Å². The summed E-state index contributed by atoms with van der Waals surface area (Å²) in [5.74, 6) is 0. The third-order valence-electron chi connectivity index (χ3n) is 5.93. The van der Waals surface area contributed by atoms with Crippen molar-refractivity contribution in [1.82, 2.24) is 0 Å². The maximum absolute atomic E-state index is 2.32. The largest absolute Gasteiger partial charge is 0.311 e. The second-order valence-corrected chi connectivity index (χ2v) is 8.54. The molecule has 0 bridgehead atoms. The lowest BCUT2D eigenvalue weighted by molar-refractivity contribution is 0.641. The van der Waals surface area contributed by atoms with Crippen molar-refractivity contribution in [3.05, 3.63) is 125 Å². The lowest BCUT2D eigenvalue weighted by Gasteiger charge is -2.29. The fourth-order valence-corrected chi connectivity index (χ4v) is 3.88. The zero-order chi connectivity index (χ0) is 21.1. The summed E-state index contributed by atoms with van der Waals surface area (Å²) in [7, 11) is 0. The van der Waals surface area contributed by atoms with Gasteiger partial charge in [-0.05, 0) is 61.4 Å². The van der Waals surface area contributed by atoms with Crippen LogP contribution in [0.25, 0.3) is 0 Å². The number of rotatable bonds is 5. The highest BCUT2D eigenvalue weighted by atomic mass is 15.1. The van der Waals surface area contributed by atoms with Crippen molar-refractivity contribution in [2.75, 3.05) is 4.90 Å². The zero-order valence-electron chi connectivity index (χ0n) is 18.3. The fraction of sp³-hybridized carbons (Fsp3) is 0.172. The average Bonchev–Trinajstić information content (AvgIpc) is 2.77. The molecule has 0 aromatic heterocycles. The Morgan fingerprint density at radius 2 is 0.833 bits per heavy atom. The van der Waals surface area contributed by atoms with Crippen LogP contribution < -0.4 is 4.90 Å². The van der Waals surface area contributed by atoms with Crippen LogP contribution >= 0.6 is 0 Å². The second kappa shape index (κ2) is 8.20. The normalized spacial score (nSPS) is 11.3. The molecule has 0 spiro atoms. The minimum atomic E-state index is -0.0433. The fourth-order valence-electron chi connectivity index (χ4n) is 3.88. The minimum Gasteiger partial charge on any atom is -0.311 e. The summed E-state index contributed by atoms with van der Waals surface area (Å²) in [5, 5.41) is 0. The van der Waals surface area contributed by atoms with E-state index in [4.69, 9.17) is 0 Å². The Kier molecular flexibility index (Phi) is 5.46. The molecule has 0 aliphatic heterocycles. The highest BCUT2D eigenvalue weighted by molar-refractivity contribution is 5.76. The van der Waals surface area contributed by atoms with Gasteiger partial charge in [0.15, 0.2) is 0 Å². The third kappa shape index (κ3) is 4.02. The number of nitrogens with zero attached hydrogens (tertiary/aromatic N) is 1. The molecule has 1 heteroatoms. The lowest BCUT2D eigenvalue weighted by Crippen LogP contribution is -2.19. The van der Waals surface area contributed by atoms with Gasteiger partial charge in [0.2, 0.25) is 0 Å². The van der Waals surface area contributed by atoms with Gasteiger partial charge in [-0.25, -0.2) is 0 Å². The van der Waals surface area contributed by atoms with Gasteiger partial charge in [0.25, 0.3) is 0 Å². The molecule has 0 radical (unpaired) electrons. The maximum atomic E-state index is 2.32. The number of hydrogen-bond donors (Lipinski definition) is 0. The number of hydrogen-bond acceptors (Lipinski definition) is 1. The van der Waals surface area contributed by atoms with Gasteiger partial charge in [0.05, 0.1) is 0 Å². The first-order valence-corrected chi connectivity index (χ1v) is 10.5. The Hall–Kier alpha value is -3.32. The highest BCUT2D eigenvalue weighted by Gasteiger charge is 2.23. The van der Waals surface area contributed by atoms with Crippen LogP contribution in [0.5, 0.6) is 0 Å². The van der Waals surface area contributed by atoms with Crippen LogP contribution in [-0.2, 0) is 5.41 Å². The van der Waals surface area contributed by atoms with Gasteiger partial charge in [0.1, 0.15) is 0 Å². The topological polar surface area (TPSA) is 3.24 Å². The molecule has 4 aromatic rings. The van der Waals surface area contributed by atoms with E-state index in [1.165, 1.54) is 33.6 Å². The van der Waals surface area contributed by atoms with Crippen LogP contribution in [0.4, 0.5) is 17.1 Å². The molecule has 0 saturated carbocycles. The van der Waals surface area contributed by atoms with Crippen LogP contribution in [-0.4, -0.2) is 0 Å². The zero-order valence-corrected chi connectivity index (χ0v) is 18.3. The number of benzene rings is 4. The van der Waals surface area contributed by atoms with Gasteiger partial charge in [-0.3, -0.25) is 0 Å². The average molecular weight is 392 g/mol. The Labute approximate surface area is 180 Å². The monoisotopic (exact) mass is 391 g/mol. The molecule has 0 heterocycles. The second-order valence-electron chi connectivity index (χ2n) is 8.54. The first-order chi connectivity index (χ1) is 14.4. The van der Waals surface area contributed by atoms with Crippen LogP contribution in [0.1, 0.15) is 36.1 Å². The van der Waals surface area contributed by atoms with E-state index in [0.717, 1.165) is 5.69 Å².